The second kappa shape index (κ2) is 6.93. The molecule has 0 bridgehead atoms. The van der Waals surface area contributed by atoms with Crippen LogP contribution in [0.4, 0.5) is 0 Å². The summed E-state index contributed by atoms with van der Waals surface area (Å²) in [6, 6.07) is 8.11. The van der Waals surface area contributed by atoms with Crippen LogP contribution >= 0.6 is 0 Å². The Labute approximate surface area is 158 Å². The molecule has 140 valence electrons. The van der Waals surface area contributed by atoms with E-state index in [1.165, 1.54) is 0 Å². The first-order chi connectivity index (χ1) is 13.3. The van der Waals surface area contributed by atoms with Gasteiger partial charge < -0.3 is 14.3 Å². The van der Waals surface area contributed by atoms with Crippen LogP contribution in [0.2, 0.25) is 0 Å². The quantitative estimate of drug-likeness (QED) is 0.837. The molecule has 0 unspecified atom stereocenters. The first-order valence-corrected chi connectivity index (χ1v) is 9.87. The summed E-state index contributed by atoms with van der Waals surface area (Å²) in [5.74, 6) is 0.655. The Morgan fingerprint density at radius 2 is 1.96 bits per heavy atom. The molecule has 6 nitrogen and oxygen atoms in total. The Morgan fingerprint density at radius 3 is 2.85 bits per heavy atom. The van der Waals surface area contributed by atoms with E-state index in [2.05, 4.69) is 21.1 Å². The number of amides is 1. The van der Waals surface area contributed by atoms with E-state index in [9.17, 15) is 4.79 Å². The zero-order valence-corrected chi connectivity index (χ0v) is 15.4. The summed E-state index contributed by atoms with van der Waals surface area (Å²) < 4.78 is 5.48. The van der Waals surface area contributed by atoms with Crippen molar-refractivity contribution in [3.05, 3.63) is 41.1 Å². The van der Waals surface area contributed by atoms with E-state index in [1.54, 1.807) is 0 Å². The van der Waals surface area contributed by atoms with Gasteiger partial charge in [0, 0.05) is 42.7 Å². The van der Waals surface area contributed by atoms with E-state index >= 15 is 0 Å². The molecule has 5 rings (SSSR count). The van der Waals surface area contributed by atoms with Crippen molar-refractivity contribution in [1.82, 2.24) is 15.0 Å². The van der Waals surface area contributed by atoms with Gasteiger partial charge in [-0.1, -0.05) is 17.3 Å². The molecule has 0 radical (unpaired) electrons. The molecule has 0 aliphatic carbocycles. The van der Waals surface area contributed by atoms with Crippen molar-refractivity contribution >= 4 is 23.1 Å². The third-order valence-corrected chi connectivity index (χ3v) is 6.15. The van der Waals surface area contributed by atoms with Gasteiger partial charge in [0.25, 0.3) is 5.91 Å². The minimum absolute atomic E-state index is 0.192. The Bertz CT molecular complexity index is 921. The molecule has 0 spiro atoms. The van der Waals surface area contributed by atoms with E-state index < -0.39 is 0 Å². The first kappa shape index (κ1) is 16.7. The highest BCUT2D eigenvalue weighted by molar-refractivity contribution is 6.03. The van der Waals surface area contributed by atoms with E-state index in [0.717, 1.165) is 79.8 Å². The van der Waals surface area contributed by atoms with Crippen LogP contribution in [0.25, 0.3) is 11.0 Å². The SMILES string of the molecule is O=C1C2=C(C=NC2)CCN1CCN1CCC(c2noc3ccccc23)CC1. The maximum atomic E-state index is 12.6. The fraction of sp³-hybridized carbons (Fsp3) is 0.476. The average molecular weight is 364 g/mol. The summed E-state index contributed by atoms with van der Waals surface area (Å²) in [5.41, 5.74) is 4.05. The highest BCUT2D eigenvalue weighted by atomic mass is 16.5. The molecule has 1 aromatic carbocycles. The number of fused-ring (bicyclic) bond motifs is 1. The summed E-state index contributed by atoms with van der Waals surface area (Å²) in [6.45, 7) is 5.25. The van der Waals surface area contributed by atoms with E-state index in [-0.39, 0.29) is 5.91 Å². The lowest BCUT2D eigenvalue weighted by molar-refractivity contribution is -0.128. The van der Waals surface area contributed by atoms with Gasteiger partial charge in [0.2, 0.25) is 0 Å². The minimum atomic E-state index is 0.192. The van der Waals surface area contributed by atoms with Crippen LogP contribution in [0, 0.1) is 0 Å². The summed E-state index contributed by atoms with van der Waals surface area (Å²) in [7, 11) is 0. The Balaban J connectivity index is 1.15. The molecule has 27 heavy (non-hydrogen) atoms. The average Bonchev–Trinajstić information content (AvgIpc) is 3.35. The van der Waals surface area contributed by atoms with Crippen LogP contribution in [0.1, 0.15) is 30.9 Å². The van der Waals surface area contributed by atoms with Crippen LogP contribution in [0.3, 0.4) is 0 Å². The van der Waals surface area contributed by atoms with Crippen LogP contribution in [0.5, 0.6) is 0 Å². The number of nitrogens with zero attached hydrogens (tertiary/aromatic N) is 4. The Morgan fingerprint density at radius 1 is 1.11 bits per heavy atom. The lowest BCUT2D eigenvalue weighted by atomic mass is 9.91. The predicted molar refractivity (Wildman–Crippen MR) is 104 cm³/mol. The second-order valence-corrected chi connectivity index (χ2v) is 7.70. The minimum Gasteiger partial charge on any atom is -0.356 e. The first-order valence-electron chi connectivity index (χ1n) is 9.87. The number of hydrogen-bond acceptors (Lipinski definition) is 5. The van der Waals surface area contributed by atoms with Crippen molar-refractivity contribution in [3.8, 4) is 0 Å². The van der Waals surface area contributed by atoms with Gasteiger partial charge in [-0.15, -0.1) is 0 Å². The van der Waals surface area contributed by atoms with Crippen LogP contribution in [-0.2, 0) is 4.79 Å². The molecule has 1 saturated heterocycles. The smallest absolute Gasteiger partial charge is 0.252 e. The van der Waals surface area contributed by atoms with Gasteiger partial charge in [-0.2, -0.15) is 0 Å². The van der Waals surface area contributed by atoms with Crippen molar-refractivity contribution in [3.63, 3.8) is 0 Å². The predicted octanol–water partition coefficient (Wildman–Crippen LogP) is 2.62. The lowest BCUT2D eigenvalue weighted by Crippen LogP contribution is -2.44. The summed E-state index contributed by atoms with van der Waals surface area (Å²) >= 11 is 0. The van der Waals surface area contributed by atoms with Gasteiger partial charge >= 0.3 is 0 Å². The normalized spacial score (nSPS) is 21.5. The molecule has 6 heteroatoms. The summed E-state index contributed by atoms with van der Waals surface area (Å²) in [4.78, 5) is 21.3. The van der Waals surface area contributed by atoms with Gasteiger partial charge in [0.15, 0.2) is 5.58 Å². The van der Waals surface area contributed by atoms with Crippen LogP contribution in [0.15, 0.2) is 44.9 Å². The van der Waals surface area contributed by atoms with E-state index in [1.807, 2.05) is 29.3 Å². The fourth-order valence-electron chi connectivity index (χ4n) is 4.50. The number of aromatic nitrogens is 1. The van der Waals surface area contributed by atoms with Gasteiger partial charge in [0.1, 0.15) is 0 Å². The zero-order valence-electron chi connectivity index (χ0n) is 15.4. The van der Waals surface area contributed by atoms with Crippen molar-refractivity contribution in [2.45, 2.75) is 25.2 Å². The van der Waals surface area contributed by atoms with Gasteiger partial charge in [-0.25, -0.2) is 0 Å². The largest absolute Gasteiger partial charge is 0.356 e. The third-order valence-electron chi connectivity index (χ3n) is 6.15. The number of carbonyl (C=O) groups is 1. The molecule has 4 heterocycles. The van der Waals surface area contributed by atoms with Crippen molar-refractivity contribution in [2.24, 2.45) is 4.99 Å². The van der Waals surface area contributed by atoms with Gasteiger partial charge in [-0.3, -0.25) is 9.79 Å². The molecule has 0 atom stereocenters. The zero-order chi connectivity index (χ0) is 18.2. The Kier molecular flexibility index (Phi) is 4.28. The number of hydrogen-bond donors (Lipinski definition) is 0. The maximum Gasteiger partial charge on any atom is 0.252 e. The third kappa shape index (κ3) is 3.08. The molecular formula is C21H24N4O2. The van der Waals surface area contributed by atoms with E-state index in [0.29, 0.717) is 12.5 Å². The number of aliphatic imine (C=N–C) groups is 1. The molecule has 3 aliphatic heterocycles. The topological polar surface area (TPSA) is 61.9 Å². The van der Waals surface area contributed by atoms with Crippen LogP contribution in [-0.4, -0.2) is 66.3 Å². The van der Waals surface area contributed by atoms with E-state index in [4.69, 9.17) is 4.52 Å². The molecular weight excluding hydrogens is 340 g/mol. The fourth-order valence-corrected chi connectivity index (χ4v) is 4.50. The number of benzene rings is 1. The highest BCUT2D eigenvalue weighted by Crippen LogP contribution is 2.32. The molecule has 0 N–H and O–H groups in total. The molecule has 2 aromatic rings. The van der Waals surface area contributed by atoms with Gasteiger partial charge in [0.05, 0.1) is 12.2 Å². The van der Waals surface area contributed by atoms with Crippen LogP contribution < -0.4 is 0 Å². The second-order valence-electron chi connectivity index (χ2n) is 7.70. The summed E-state index contributed by atoms with van der Waals surface area (Å²) in [5, 5.41) is 5.49. The molecule has 1 aromatic heterocycles. The monoisotopic (exact) mass is 364 g/mol. The number of carbonyl (C=O) groups excluding carboxylic acids is 1. The molecule has 1 amide bonds. The molecule has 0 saturated carbocycles. The lowest BCUT2D eigenvalue weighted by Gasteiger charge is -2.34. The maximum absolute atomic E-state index is 12.6. The van der Waals surface area contributed by atoms with Crippen molar-refractivity contribution < 1.29 is 9.32 Å². The molecule has 1 fully saturated rings. The number of likely N-dealkylation sites (tertiary alicyclic amines) is 1. The standard InChI is InChI=1S/C21H24N4O2/c26-21-18-14-22-13-16(18)7-10-25(21)12-11-24-8-5-15(6-9-24)20-17-3-1-2-4-19(17)27-23-20/h1-4,13,15H,5-12,14H2. The highest BCUT2D eigenvalue weighted by Gasteiger charge is 2.29. The number of rotatable bonds is 4. The number of piperidine rings is 1. The summed E-state index contributed by atoms with van der Waals surface area (Å²) in [6.07, 6.45) is 5.01. The van der Waals surface area contributed by atoms with Crippen molar-refractivity contribution in [2.75, 3.05) is 39.3 Å². The Hall–Kier alpha value is -2.47. The molecule has 3 aliphatic rings. The van der Waals surface area contributed by atoms with Crippen molar-refractivity contribution in [1.29, 1.82) is 0 Å². The van der Waals surface area contributed by atoms with Gasteiger partial charge in [-0.05, 0) is 50.1 Å². The number of para-hydroxylation sites is 1.